The number of hydrogen-bond acceptors (Lipinski definition) is 1. The number of rotatable bonds is 1. The first kappa shape index (κ1) is 16.7. The van der Waals surface area contributed by atoms with Crippen molar-refractivity contribution in [3.05, 3.63) is 91.1 Å². The lowest BCUT2D eigenvalue weighted by Gasteiger charge is -2.19. The third kappa shape index (κ3) is 2.30. The summed E-state index contributed by atoms with van der Waals surface area (Å²) in [7, 11) is -1.68. The fourth-order valence-electron chi connectivity index (χ4n) is 5.03. The third-order valence-electron chi connectivity index (χ3n) is 6.51. The van der Waals surface area contributed by atoms with Gasteiger partial charge in [-0.2, -0.15) is 0 Å². The first-order valence-electron chi connectivity index (χ1n) is 10.2. The molecule has 0 saturated heterocycles. The number of aromatic nitrogens is 1. The largest absolute Gasteiger partial charge is 0.256 e. The Bertz CT molecular complexity index is 1430. The molecule has 0 unspecified atom stereocenters. The van der Waals surface area contributed by atoms with E-state index in [1.807, 2.05) is 12.3 Å². The van der Waals surface area contributed by atoms with Gasteiger partial charge in [-0.3, -0.25) is 4.98 Å². The maximum Gasteiger partial charge on any atom is 0.113 e. The van der Waals surface area contributed by atoms with Crippen molar-refractivity contribution in [3.8, 4) is 22.3 Å². The number of nitrogens with zero attached hydrogens (tertiary/aromatic N) is 1. The fraction of sp³-hybridized carbons (Fsp3) is 0.0741. The van der Waals surface area contributed by atoms with Gasteiger partial charge in [0.15, 0.2) is 0 Å². The van der Waals surface area contributed by atoms with E-state index in [0.717, 1.165) is 5.52 Å². The first-order chi connectivity index (χ1) is 14.1. The predicted octanol–water partition coefficient (Wildman–Crippen LogP) is 5.86. The molecule has 0 N–H and O–H groups in total. The van der Waals surface area contributed by atoms with Gasteiger partial charge in [0.05, 0.1) is 5.52 Å². The molecule has 2 heteroatoms. The number of pyridine rings is 1. The van der Waals surface area contributed by atoms with Crippen molar-refractivity contribution in [1.29, 1.82) is 0 Å². The van der Waals surface area contributed by atoms with Crippen LogP contribution in [0.2, 0.25) is 13.1 Å². The Morgan fingerprint density at radius 3 is 2.31 bits per heavy atom. The minimum Gasteiger partial charge on any atom is -0.256 e. The van der Waals surface area contributed by atoms with Crippen LogP contribution in [0.1, 0.15) is 0 Å². The summed E-state index contributed by atoms with van der Waals surface area (Å²) >= 11 is 0. The van der Waals surface area contributed by atoms with Crippen LogP contribution >= 0.6 is 0 Å². The van der Waals surface area contributed by atoms with Gasteiger partial charge in [-0.05, 0) is 44.1 Å². The van der Waals surface area contributed by atoms with Gasteiger partial charge in [0.25, 0.3) is 0 Å². The summed E-state index contributed by atoms with van der Waals surface area (Å²) in [5.41, 5.74) is 6.50. The monoisotopic (exact) mass is 387 g/mol. The SMILES string of the molecule is C[Si]1(C)c2ccccc2-c2ccc(-c3cccc4ccc5cccnc5c34)cc21. The maximum atomic E-state index is 4.74. The molecule has 0 aliphatic carbocycles. The van der Waals surface area contributed by atoms with Gasteiger partial charge in [-0.15, -0.1) is 0 Å². The van der Waals surface area contributed by atoms with Gasteiger partial charge in [-0.1, -0.05) is 92.0 Å². The van der Waals surface area contributed by atoms with Crippen LogP contribution in [0.15, 0.2) is 91.1 Å². The Morgan fingerprint density at radius 2 is 1.38 bits per heavy atom. The predicted molar refractivity (Wildman–Crippen MR) is 127 cm³/mol. The van der Waals surface area contributed by atoms with E-state index in [4.69, 9.17) is 4.98 Å². The Kier molecular flexibility index (Phi) is 3.39. The second kappa shape index (κ2) is 5.88. The number of benzene rings is 4. The van der Waals surface area contributed by atoms with Crippen LogP contribution in [0.4, 0.5) is 0 Å². The summed E-state index contributed by atoms with van der Waals surface area (Å²) in [6, 6.07) is 31.2. The van der Waals surface area contributed by atoms with Crippen molar-refractivity contribution >= 4 is 40.1 Å². The van der Waals surface area contributed by atoms with Crippen molar-refractivity contribution in [3.63, 3.8) is 0 Å². The molecule has 0 bridgehead atoms. The lowest BCUT2D eigenvalue weighted by molar-refractivity contribution is 1.43. The molecule has 0 amide bonds. The van der Waals surface area contributed by atoms with Crippen LogP contribution in [0.25, 0.3) is 43.9 Å². The van der Waals surface area contributed by atoms with E-state index in [-0.39, 0.29) is 0 Å². The highest BCUT2D eigenvalue weighted by Gasteiger charge is 2.37. The Hall–Kier alpha value is -3.23. The minimum atomic E-state index is -1.68. The van der Waals surface area contributed by atoms with E-state index in [0.29, 0.717) is 0 Å². The molecule has 6 rings (SSSR count). The van der Waals surface area contributed by atoms with Crippen LogP contribution in [0.3, 0.4) is 0 Å². The molecule has 4 aromatic carbocycles. The molecule has 1 aromatic heterocycles. The number of fused-ring (bicyclic) bond motifs is 6. The lowest BCUT2D eigenvalue weighted by Crippen LogP contribution is -2.49. The summed E-state index contributed by atoms with van der Waals surface area (Å²) in [5, 5.41) is 6.78. The fourth-order valence-corrected chi connectivity index (χ4v) is 8.13. The second-order valence-electron chi connectivity index (χ2n) is 8.48. The summed E-state index contributed by atoms with van der Waals surface area (Å²) in [5.74, 6) is 0. The molecule has 1 aliphatic heterocycles. The molecular weight excluding hydrogens is 366 g/mol. The lowest BCUT2D eigenvalue weighted by atomic mass is 9.94. The van der Waals surface area contributed by atoms with Gasteiger partial charge in [-0.25, -0.2) is 0 Å². The molecular formula is C27H21NSi. The van der Waals surface area contributed by atoms with Crippen molar-refractivity contribution < 1.29 is 0 Å². The molecule has 1 aliphatic rings. The number of hydrogen-bond donors (Lipinski definition) is 0. The van der Waals surface area contributed by atoms with Gasteiger partial charge < -0.3 is 0 Å². The smallest absolute Gasteiger partial charge is 0.113 e. The molecule has 1 nitrogen and oxygen atoms in total. The minimum absolute atomic E-state index is 1.08. The summed E-state index contributed by atoms with van der Waals surface area (Å²) in [6.07, 6.45) is 1.90. The van der Waals surface area contributed by atoms with E-state index in [1.165, 1.54) is 38.4 Å². The zero-order valence-corrected chi connectivity index (χ0v) is 17.6. The molecule has 0 radical (unpaired) electrons. The summed E-state index contributed by atoms with van der Waals surface area (Å²) in [6.45, 7) is 4.95. The van der Waals surface area contributed by atoms with Crippen LogP contribution in [0.5, 0.6) is 0 Å². The zero-order valence-electron chi connectivity index (χ0n) is 16.6. The summed E-state index contributed by atoms with van der Waals surface area (Å²) < 4.78 is 0. The second-order valence-corrected chi connectivity index (χ2v) is 12.8. The van der Waals surface area contributed by atoms with E-state index >= 15 is 0 Å². The van der Waals surface area contributed by atoms with Crippen LogP contribution in [-0.4, -0.2) is 13.1 Å². The van der Waals surface area contributed by atoms with Gasteiger partial charge in [0, 0.05) is 17.0 Å². The van der Waals surface area contributed by atoms with Crippen LogP contribution in [-0.2, 0) is 0 Å². The molecule has 0 saturated carbocycles. The average Bonchev–Trinajstić information content (AvgIpc) is 3.00. The van der Waals surface area contributed by atoms with Crippen molar-refractivity contribution in [2.24, 2.45) is 0 Å². The van der Waals surface area contributed by atoms with Crippen molar-refractivity contribution in [1.82, 2.24) is 4.98 Å². The quantitative estimate of drug-likeness (QED) is 0.259. The van der Waals surface area contributed by atoms with Crippen molar-refractivity contribution in [2.75, 3.05) is 0 Å². The van der Waals surface area contributed by atoms with Gasteiger partial charge >= 0.3 is 0 Å². The van der Waals surface area contributed by atoms with Crippen molar-refractivity contribution in [2.45, 2.75) is 13.1 Å². The molecule has 29 heavy (non-hydrogen) atoms. The van der Waals surface area contributed by atoms with Gasteiger partial charge in [0.1, 0.15) is 8.07 Å². The summed E-state index contributed by atoms with van der Waals surface area (Å²) in [4.78, 5) is 4.74. The molecule has 138 valence electrons. The van der Waals surface area contributed by atoms with Crippen LogP contribution < -0.4 is 10.4 Å². The Morgan fingerprint density at radius 1 is 0.621 bits per heavy atom. The Balaban J connectivity index is 1.65. The van der Waals surface area contributed by atoms with E-state index in [1.54, 1.807) is 10.4 Å². The van der Waals surface area contributed by atoms with Crippen LogP contribution in [0, 0.1) is 0 Å². The molecule has 2 heterocycles. The highest BCUT2D eigenvalue weighted by molar-refractivity contribution is 7.03. The van der Waals surface area contributed by atoms with E-state index in [2.05, 4.69) is 92.0 Å². The molecule has 0 atom stereocenters. The normalized spacial score (nSPS) is 14.1. The standard InChI is InChI=1S/C27H21NSi/c1-29(2)24-11-4-3-9-22(24)23-15-14-20(17-25(23)29)21-10-5-7-18-12-13-19-8-6-16-28-27(19)26(18)21/h3-17H,1-2H3. The van der Waals surface area contributed by atoms with E-state index < -0.39 is 8.07 Å². The topological polar surface area (TPSA) is 12.9 Å². The molecule has 0 fully saturated rings. The van der Waals surface area contributed by atoms with E-state index in [9.17, 15) is 0 Å². The first-order valence-corrected chi connectivity index (χ1v) is 13.2. The zero-order chi connectivity index (χ0) is 19.6. The Labute approximate surface area is 171 Å². The average molecular weight is 388 g/mol. The highest BCUT2D eigenvalue weighted by Crippen LogP contribution is 2.36. The molecule has 5 aromatic rings. The third-order valence-corrected chi connectivity index (χ3v) is 10.1. The highest BCUT2D eigenvalue weighted by atomic mass is 28.3. The molecule has 0 spiro atoms. The van der Waals surface area contributed by atoms with Gasteiger partial charge in [0.2, 0.25) is 0 Å². The maximum absolute atomic E-state index is 4.74.